The molecule has 0 unspecified atom stereocenters. The van der Waals surface area contributed by atoms with Crippen molar-refractivity contribution in [2.45, 2.75) is 13.0 Å². The average molecular weight is 258 g/mol. The fourth-order valence-electron chi connectivity index (χ4n) is 1.74. The molecule has 1 heterocycles. The van der Waals surface area contributed by atoms with E-state index in [1.807, 2.05) is 48.1 Å². The molecule has 0 fully saturated rings. The molecule has 2 rings (SSSR count). The van der Waals surface area contributed by atoms with Gasteiger partial charge in [0.25, 0.3) is 0 Å². The monoisotopic (exact) mass is 258 g/mol. The Labute approximate surface area is 112 Å². The minimum Gasteiger partial charge on any atom is -0.340 e. The zero-order valence-corrected chi connectivity index (χ0v) is 11.0. The largest absolute Gasteiger partial charge is 0.340 e. The Balaban J connectivity index is 1.65. The summed E-state index contributed by atoms with van der Waals surface area (Å²) < 4.78 is 1.89. The highest BCUT2D eigenvalue weighted by atomic mass is 16.2. The summed E-state index contributed by atoms with van der Waals surface area (Å²) in [7, 11) is 1.93. The molecule has 0 spiro atoms. The van der Waals surface area contributed by atoms with E-state index in [4.69, 9.17) is 0 Å². The predicted octanol–water partition coefficient (Wildman–Crippen LogP) is 1.46. The summed E-state index contributed by atoms with van der Waals surface area (Å²) in [5, 5.41) is 5.63. The van der Waals surface area contributed by atoms with Gasteiger partial charge in [-0.2, -0.15) is 0 Å². The van der Waals surface area contributed by atoms with E-state index in [1.165, 1.54) is 0 Å². The van der Waals surface area contributed by atoms with E-state index >= 15 is 0 Å². The number of aromatic nitrogens is 2. The lowest BCUT2D eigenvalue weighted by Gasteiger charge is -2.06. The molecule has 0 atom stereocenters. The summed E-state index contributed by atoms with van der Waals surface area (Å²) in [4.78, 5) is 15.8. The summed E-state index contributed by atoms with van der Waals surface area (Å²) in [5.74, 6) is 0. The minimum atomic E-state index is -0.153. The van der Waals surface area contributed by atoms with Crippen molar-refractivity contribution in [2.75, 3.05) is 6.54 Å². The molecule has 19 heavy (non-hydrogen) atoms. The van der Waals surface area contributed by atoms with Crippen LogP contribution in [0.2, 0.25) is 0 Å². The molecular weight excluding hydrogens is 240 g/mol. The number of urea groups is 1. The number of nitrogens with one attached hydrogen (secondary N) is 2. The van der Waals surface area contributed by atoms with Crippen molar-refractivity contribution in [1.82, 2.24) is 20.2 Å². The molecule has 5 nitrogen and oxygen atoms in total. The van der Waals surface area contributed by atoms with Crippen LogP contribution in [-0.2, 0) is 20.0 Å². The smallest absolute Gasteiger partial charge is 0.315 e. The van der Waals surface area contributed by atoms with Gasteiger partial charge in [-0.1, -0.05) is 30.3 Å². The van der Waals surface area contributed by atoms with Crippen molar-refractivity contribution < 1.29 is 4.79 Å². The Kier molecular flexibility index (Phi) is 4.55. The summed E-state index contributed by atoms with van der Waals surface area (Å²) in [6, 6.07) is 9.67. The Morgan fingerprint density at radius 1 is 1.26 bits per heavy atom. The summed E-state index contributed by atoms with van der Waals surface area (Å²) in [6.07, 6.45) is 4.44. The number of carbonyl (C=O) groups excluding carboxylic acids is 1. The highest BCUT2D eigenvalue weighted by molar-refractivity contribution is 5.73. The van der Waals surface area contributed by atoms with Crippen LogP contribution in [0.15, 0.2) is 42.9 Å². The highest BCUT2D eigenvalue weighted by Gasteiger charge is 2.01. The predicted molar refractivity (Wildman–Crippen MR) is 73.6 cm³/mol. The fraction of sp³-hybridized carbons (Fsp3) is 0.286. The number of benzene rings is 1. The Bertz CT molecular complexity index is 521. The van der Waals surface area contributed by atoms with Crippen LogP contribution in [0.25, 0.3) is 0 Å². The topological polar surface area (TPSA) is 59.0 Å². The number of hydrogen-bond donors (Lipinski definition) is 2. The molecule has 1 aromatic heterocycles. The quantitative estimate of drug-likeness (QED) is 0.853. The number of nitrogens with zero attached hydrogens (tertiary/aromatic N) is 2. The zero-order valence-electron chi connectivity index (χ0n) is 11.0. The molecule has 0 aliphatic heterocycles. The van der Waals surface area contributed by atoms with Crippen LogP contribution < -0.4 is 10.6 Å². The van der Waals surface area contributed by atoms with E-state index in [9.17, 15) is 4.79 Å². The van der Waals surface area contributed by atoms with Gasteiger partial charge in [0.05, 0.1) is 12.0 Å². The lowest BCUT2D eigenvalue weighted by Crippen LogP contribution is -2.36. The Morgan fingerprint density at radius 3 is 2.74 bits per heavy atom. The average Bonchev–Trinajstić information content (AvgIpc) is 2.83. The van der Waals surface area contributed by atoms with E-state index in [2.05, 4.69) is 15.6 Å². The standard InChI is InChI=1S/C14H18N4O/c1-18-10-13(17-11-18)7-8-15-14(19)16-9-12-5-3-2-4-6-12/h2-6,10-11H,7-9H2,1H3,(H2,15,16,19). The molecule has 0 aliphatic carbocycles. The molecule has 100 valence electrons. The third kappa shape index (κ3) is 4.46. The third-order valence-electron chi connectivity index (χ3n) is 2.72. The van der Waals surface area contributed by atoms with E-state index in [0.717, 1.165) is 17.7 Å². The van der Waals surface area contributed by atoms with E-state index in [-0.39, 0.29) is 6.03 Å². The number of hydrogen-bond acceptors (Lipinski definition) is 2. The molecule has 0 bridgehead atoms. The summed E-state index contributed by atoms with van der Waals surface area (Å²) in [6.45, 7) is 1.12. The van der Waals surface area contributed by atoms with Crippen molar-refractivity contribution in [2.24, 2.45) is 7.05 Å². The highest BCUT2D eigenvalue weighted by Crippen LogP contribution is 1.97. The van der Waals surface area contributed by atoms with Crippen molar-refractivity contribution in [1.29, 1.82) is 0 Å². The van der Waals surface area contributed by atoms with Gasteiger partial charge in [-0.25, -0.2) is 9.78 Å². The molecule has 0 saturated carbocycles. The SMILES string of the molecule is Cn1cnc(CCNC(=O)NCc2ccccc2)c1. The van der Waals surface area contributed by atoms with Gasteiger partial charge < -0.3 is 15.2 Å². The maximum Gasteiger partial charge on any atom is 0.315 e. The van der Waals surface area contributed by atoms with Gasteiger partial charge in [-0.3, -0.25) is 0 Å². The van der Waals surface area contributed by atoms with Crippen LogP contribution in [0.5, 0.6) is 0 Å². The maximum absolute atomic E-state index is 11.6. The van der Waals surface area contributed by atoms with Gasteiger partial charge in [0.15, 0.2) is 0 Å². The van der Waals surface area contributed by atoms with Crippen LogP contribution in [-0.4, -0.2) is 22.1 Å². The molecule has 5 heteroatoms. The minimum absolute atomic E-state index is 0.153. The van der Waals surface area contributed by atoms with Crippen LogP contribution >= 0.6 is 0 Å². The van der Waals surface area contributed by atoms with Gasteiger partial charge in [0, 0.05) is 32.8 Å². The van der Waals surface area contributed by atoms with Crippen LogP contribution in [0.1, 0.15) is 11.3 Å². The van der Waals surface area contributed by atoms with Gasteiger partial charge in [0.2, 0.25) is 0 Å². The lowest BCUT2D eigenvalue weighted by molar-refractivity contribution is 0.240. The van der Waals surface area contributed by atoms with Crippen molar-refractivity contribution in [3.63, 3.8) is 0 Å². The van der Waals surface area contributed by atoms with Gasteiger partial charge in [-0.05, 0) is 5.56 Å². The first-order valence-electron chi connectivity index (χ1n) is 6.26. The van der Waals surface area contributed by atoms with E-state index < -0.39 is 0 Å². The summed E-state index contributed by atoms with van der Waals surface area (Å²) >= 11 is 0. The molecule has 2 aromatic rings. The zero-order chi connectivity index (χ0) is 13.5. The number of carbonyl (C=O) groups is 1. The first-order valence-corrected chi connectivity index (χ1v) is 6.26. The Hall–Kier alpha value is -2.30. The molecule has 0 aliphatic rings. The normalized spacial score (nSPS) is 10.2. The Morgan fingerprint density at radius 2 is 2.05 bits per heavy atom. The molecule has 0 saturated heterocycles. The molecule has 0 radical (unpaired) electrons. The number of imidazole rings is 1. The molecule has 2 amide bonds. The van der Waals surface area contributed by atoms with Gasteiger partial charge in [-0.15, -0.1) is 0 Å². The van der Waals surface area contributed by atoms with Gasteiger partial charge in [0.1, 0.15) is 0 Å². The number of amides is 2. The van der Waals surface area contributed by atoms with E-state index in [0.29, 0.717) is 13.1 Å². The van der Waals surface area contributed by atoms with Crippen molar-refractivity contribution in [3.8, 4) is 0 Å². The fourth-order valence-corrected chi connectivity index (χ4v) is 1.74. The third-order valence-corrected chi connectivity index (χ3v) is 2.72. The maximum atomic E-state index is 11.6. The van der Waals surface area contributed by atoms with Crippen LogP contribution in [0.3, 0.4) is 0 Å². The number of rotatable bonds is 5. The lowest BCUT2D eigenvalue weighted by atomic mass is 10.2. The first kappa shape index (κ1) is 13.1. The van der Waals surface area contributed by atoms with Crippen molar-refractivity contribution in [3.05, 3.63) is 54.1 Å². The van der Waals surface area contributed by atoms with Crippen LogP contribution in [0.4, 0.5) is 4.79 Å². The second kappa shape index (κ2) is 6.58. The molecule has 2 N–H and O–H groups in total. The van der Waals surface area contributed by atoms with Crippen molar-refractivity contribution >= 4 is 6.03 Å². The second-order valence-electron chi connectivity index (χ2n) is 4.38. The number of aryl methyl sites for hydroxylation is 1. The first-order chi connectivity index (χ1) is 9.24. The molecular formula is C14H18N4O. The van der Waals surface area contributed by atoms with Gasteiger partial charge >= 0.3 is 6.03 Å². The van der Waals surface area contributed by atoms with Crippen LogP contribution in [0, 0.1) is 0 Å². The second-order valence-corrected chi connectivity index (χ2v) is 4.38. The van der Waals surface area contributed by atoms with E-state index in [1.54, 1.807) is 6.33 Å². The molecule has 1 aromatic carbocycles. The summed E-state index contributed by atoms with van der Waals surface area (Å²) in [5.41, 5.74) is 2.06.